The molecule has 1 aliphatic rings. The smallest absolute Gasteiger partial charge is 0.244 e. The van der Waals surface area contributed by atoms with E-state index >= 15 is 0 Å². The maximum atomic E-state index is 12.3. The molecule has 0 unspecified atom stereocenters. The Labute approximate surface area is 165 Å². The van der Waals surface area contributed by atoms with E-state index < -0.39 is 0 Å². The molecule has 28 heavy (non-hydrogen) atoms. The first-order chi connectivity index (χ1) is 13.5. The maximum absolute atomic E-state index is 12.3. The molecule has 6 heteroatoms. The summed E-state index contributed by atoms with van der Waals surface area (Å²) in [4.78, 5) is 25.7. The minimum Gasteiger partial charge on any atom is -0.465 e. The van der Waals surface area contributed by atoms with Gasteiger partial charge in [-0.25, -0.2) is 0 Å². The number of nitrogens with one attached hydrogen (secondary N) is 2. The van der Waals surface area contributed by atoms with Crippen LogP contribution < -0.4 is 10.6 Å². The highest BCUT2D eigenvalue weighted by atomic mass is 16.3. The Morgan fingerprint density at radius 2 is 1.86 bits per heavy atom. The predicted octanol–water partition coefficient (Wildman–Crippen LogP) is 3.51. The van der Waals surface area contributed by atoms with Crippen molar-refractivity contribution in [1.82, 2.24) is 10.2 Å². The fourth-order valence-electron chi connectivity index (χ4n) is 3.40. The predicted molar refractivity (Wildman–Crippen MR) is 110 cm³/mol. The quantitative estimate of drug-likeness (QED) is 0.720. The number of rotatable bonds is 7. The Hall–Kier alpha value is -2.86. The molecular weight excluding hydrogens is 354 g/mol. The van der Waals surface area contributed by atoms with Crippen molar-refractivity contribution in [3.8, 4) is 0 Å². The van der Waals surface area contributed by atoms with Crippen LogP contribution in [-0.2, 0) is 9.59 Å². The third kappa shape index (κ3) is 5.57. The van der Waals surface area contributed by atoms with Crippen LogP contribution in [-0.4, -0.2) is 36.3 Å². The Morgan fingerprint density at radius 3 is 2.46 bits per heavy atom. The van der Waals surface area contributed by atoms with Gasteiger partial charge < -0.3 is 15.1 Å². The lowest BCUT2D eigenvalue weighted by Gasteiger charge is -2.25. The zero-order valence-corrected chi connectivity index (χ0v) is 16.4. The van der Waals surface area contributed by atoms with Crippen molar-refractivity contribution in [3.63, 3.8) is 0 Å². The highest BCUT2D eigenvalue weighted by Crippen LogP contribution is 2.26. The van der Waals surface area contributed by atoms with Crippen molar-refractivity contribution in [3.05, 3.63) is 59.6 Å². The zero-order chi connectivity index (χ0) is 19.9. The summed E-state index contributed by atoms with van der Waals surface area (Å²) in [5, 5.41) is 5.71. The molecule has 2 N–H and O–H groups in total. The molecule has 2 amide bonds. The van der Waals surface area contributed by atoms with Crippen LogP contribution in [0.2, 0.25) is 0 Å². The number of hydrogen-bond donors (Lipinski definition) is 2. The van der Waals surface area contributed by atoms with E-state index in [2.05, 4.69) is 15.5 Å². The largest absolute Gasteiger partial charge is 0.465 e. The monoisotopic (exact) mass is 381 g/mol. The molecule has 3 rings (SSSR count). The molecule has 1 aromatic heterocycles. The third-order valence-corrected chi connectivity index (χ3v) is 4.80. The van der Waals surface area contributed by atoms with Gasteiger partial charge in [0, 0.05) is 25.2 Å². The van der Waals surface area contributed by atoms with Gasteiger partial charge in [-0.2, -0.15) is 0 Å². The van der Waals surface area contributed by atoms with E-state index in [0.29, 0.717) is 6.54 Å². The molecule has 0 radical (unpaired) electrons. The molecule has 0 aliphatic carbocycles. The fraction of sp³-hybridized carbons (Fsp3) is 0.364. The van der Waals surface area contributed by atoms with Gasteiger partial charge in [0.2, 0.25) is 11.8 Å². The normalized spacial score (nSPS) is 15.6. The van der Waals surface area contributed by atoms with E-state index in [4.69, 9.17) is 4.42 Å². The summed E-state index contributed by atoms with van der Waals surface area (Å²) in [5.41, 5.74) is 1.62. The molecule has 0 bridgehead atoms. The van der Waals surface area contributed by atoms with Crippen LogP contribution in [0.3, 0.4) is 0 Å². The topological polar surface area (TPSA) is 74.6 Å². The van der Waals surface area contributed by atoms with E-state index in [1.807, 2.05) is 43.3 Å². The van der Waals surface area contributed by atoms with E-state index in [9.17, 15) is 9.59 Å². The van der Waals surface area contributed by atoms with Gasteiger partial charge in [0.25, 0.3) is 0 Å². The van der Waals surface area contributed by atoms with Crippen LogP contribution in [0.15, 0.2) is 46.9 Å². The fourth-order valence-corrected chi connectivity index (χ4v) is 3.40. The Bertz CT molecular complexity index is 833. The van der Waals surface area contributed by atoms with E-state index in [-0.39, 0.29) is 17.9 Å². The summed E-state index contributed by atoms with van der Waals surface area (Å²) < 4.78 is 5.82. The molecule has 1 aromatic carbocycles. The number of carbonyl (C=O) groups excluding carboxylic acids is 2. The lowest BCUT2D eigenvalue weighted by Crippen LogP contribution is -2.36. The van der Waals surface area contributed by atoms with Gasteiger partial charge in [0.05, 0.1) is 6.04 Å². The number of aryl methyl sites for hydroxylation is 1. The van der Waals surface area contributed by atoms with Gasteiger partial charge >= 0.3 is 0 Å². The average Bonchev–Trinajstić information content (AvgIpc) is 3.33. The second-order valence-electron chi connectivity index (χ2n) is 7.09. The van der Waals surface area contributed by atoms with Crippen LogP contribution in [0.5, 0.6) is 0 Å². The molecule has 1 aliphatic heterocycles. The standard InChI is InChI=1S/C22H27N3O3/c1-16-5-11-21(28-16)20(25-13-3-4-14-25)15-23-22(27)12-8-18-6-9-19(10-7-18)24-17(2)26/h5-12,20H,3-4,13-15H2,1-2H3,(H,23,27)(H,24,26)/b12-8-/t20-/m0/s1. The summed E-state index contributed by atoms with van der Waals surface area (Å²) >= 11 is 0. The number of benzene rings is 1. The lowest BCUT2D eigenvalue weighted by molar-refractivity contribution is -0.117. The molecule has 0 spiro atoms. The first-order valence-corrected chi connectivity index (χ1v) is 9.65. The number of amides is 2. The van der Waals surface area contributed by atoms with Crippen LogP contribution in [0.4, 0.5) is 5.69 Å². The van der Waals surface area contributed by atoms with Gasteiger partial charge in [-0.05, 0) is 68.8 Å². The summed E-state index contributed by atoms with van der Waals surface area (Å²) in [6, 6.07) is 11.3. The summed E-state index contributed by atoms with van der Waals surface area (Å²) in [5.74, 6) is 1.53. The summed E-state index contributed by atoms with van der Waals surface area (Å²) in [6.45, 7) is 5.96. The SMILES string of the molecule is CC(=O)Nc1ccc(/C=C\C(=O)NC[C@@H](c2ccc(C)o2)N2CCCC2)cc1. The first-order valence-electron chi connectivity index (χ1n) is 9.65. The zero-order valence-electron chi connectivity index (χ0n) is 16.4. The van der Waals surface area contributed by atoms with Crippen molar-refractivity contribution in [1.29, 1.82) is 0 Å². The summed E-state index contributed by atoms with van der Waals surface area (Å²) in [6.07, 6.45) is 5.65. The van der Waals surface area contributed by atoms with Crippen LogP contribution in [0, 0.1) is 6.92 Å². The van der Waals surface area contributed by atoms with Gasteiger partial charge in [-0.15, -0.1) is 0 Å². The Kier molecular flexibility index (Phi) is 6.66. The molecule has 2 heterocycles. The third-order valence-electron chi connectivity index (χ3n) is 4.80. The number of furan rings is 1. The molecule has 2 aromatic rings. The minimum atomic E-state index is -0.140. The van der Waals surface area contributed by atoms with Gasteiger partial charge in [0.15, 0.2) is 0 Å². The van der Waals surface area contributed by atoms with Crippen molar-refractivity contribution in [2.45, 2.75) is 32.7 Å². The van der Waals surface area contributed by atoms with E-state index in [0.717, 1.165) is 35.9 Å². The van der Waals surface area contributed by atoms with Crippen molar-refractivity contribution in [2.24, 2.45) is 0 Å². The average molecular weight is 381 g/mol. The summed E-state index contributed by atoms with van der Waals surface area (Å²) in [7, 11) is 0. The maximum Gasteiger partial charge on any atom is 0.244 e. The number of hydrogen-bond acceptors (Lipinski definition) is 4. The number of anilines is 1. The molecule has 1 atom stereocenters. The Morgan fingerprint density at radius 1 is 1.14 bits per heavy atom. The van der Waals surface area contributed by atoms with Gasteiger partial charge in [-0.3, -0.25) is 14.5 Å². The molecule has 1 fully saturated rings. The minimum absolute atomic E-state index is 0.0606. The molecular formula is C22H27N3O3. The Balaban J connectivity index is 1.56. The van der Waals surface area contributed by atoms with Gasteiger partial charge in [-0.1, -0.05) is 12.1 Å². The molecule has 148 valence electrons. The van der Waals surface area contributed by atoms with E-state index in [1.54, 1.807) is 6.08 Å². The van der Waals surface area contributed by atoms with Gasteiger partial charge in [0.1, 0.15) is 11.5 Å². The number of carbonyl (C=O) groups is 2. The van der Waals surface area contributed by atoms with Crippen LogP contribution >= 0.6 is 0 Å². The number of likely N-dealkylation sites (tertiary alicyclic amines) is 1. The van der Waals surface area contributed by atoms with Crippen molar-refractivity contribution in [2.75, 3.05) is 25.0 Å². The van der Waals surface area contributed by atoms with Crippen LogP contribution in [0.1, 0.15) is 42.9 Å². The molecule has 6 nitrogen and oxygen atoms in total. The second kappa shape index (κ2) is 9.37. The van der Waals surface area contributed by atoms with Crippen molar-refractivity contribution < 1.29 is 14.0 Å². The van der Waals surface area contributed by atoms with Crippen molar-refractivity contribution >= 4 is 23.6 Å². The highest BCUT2D eigenvalue weighted by Gasteiger charge is 2.26. The van der Waals surface area contributed by atoms with E-state index in [1.165, 1.54) is 25.8 Å². The van der Waals surface area contributed by atoms with Crippen LogP contribution in [0.25, 0.3) is 6.08 Å². The number of nitrogens with zero attached hydrogens (tertiary/aromatic N) is 1. The molecule has 0 saturated carbocycles. The second-order valence-corrected chi connectivity index (χ2v) is 7.09. The molecule has 1 saturated heterocycles. The lowest BCUT2D eigenvalue weighted by atomic mass is 10.1. The first kappa shape index (κ1) is 19.9. The highest BCUT2D eigenvalue weighted by molar-refractivity contribution is 5.92.